The SMILES string of the molecule is CCOc1ccccc1C(=O)Nc1nnc(SCC(=O)N2CCc3ccccc32)s1. The molecule has 1 aliphatic heterocycles. The van der Waals surface area contributed by atoms with E-state index in [1.807, 2.05) is 36.1 Å². The maximum absolute atomic E-state index is 12.6. The van der Waals surface area contributed by atoms with E-state index in [9.17, 15) is 9.59 Å². The zero-order valence-corrected chi connectivity index (χ0v) is 18.0. The molecule has 0 unspecified atom stereocenters. The largest absolute Gasteiger partial charge is 0.493 e. The summed E-state index contributed by atoms with van der Waals surface area (Å²) in [5.74, 6) is 0.519. The highest BCUT2D eigenvalue weighted by Crippen LogP contribution is 2.30. The van der Waals surface area contributed by atoms with Crippen molar-refractivity contribution in [1.29, 1.82) is 0 Å². The Morgan fingerprint density at radius 2 is 1.97 bits per heavy atom. The Bertz CT molecular complexity index is 1070. The summed E-state index contributed by atoms with van der Waals surface area (Å²) in [7, 11) is 0. The van der Waals surface area contributed by atoms with E-state index < -0.39 is 0 Å². The van der Waals surface area contributed by atoms with Gasteiger partial charge in [-0.2, -0.15) is 0 Å². The molecule has 4 rings (SSSR count). The van der Waals surface area contributed by atoms with Crippen LogP contribution in [0, 0.1) is 0 Å². The monoisotopic (exact) mass is 440 g/mol. The fraction of sp³-hybridized carbons (Fsp3) is 0.238. The topological polar surface area (TPSA) is 84.4 Å². The van der Waals surface area contributed by atoms with Gasteiger partial charge >= 0.3 is 0 Å². The van der Waals surface area contributed by atoms with Crippen LogP contribution in [0.5, 0.6) is 5.75 Å². The molecule has 0 atom stereocenters. The second kappa shape index (κ2) is 9.27. The van der Waals surface area contributed by atoms with E-state index in [0.29, 0.717) is 33.9 Å². The van der Waals surface area contributed by atoms with Crippen LogP contribution < -0.4 is 15.0 Å². The number of amides is 2. The van der Waals surface area contributed by atoms with Crippen LogP contribution in [0.15, 0.2) is 52.9 Å². The van der Waals surface area contributed by atoms with E-state index >= 15 is 0 Å². The van der Waals surface area contributed by atoms with E-state index in [2.05, 4.69) is 21.6 Å². The number of para-hydroxylation sites is 2. The molecule has 3 aromatic rings. The summed E-state index contributed by atoms with van der Waals surface area (Å²) < 4.78 is 6.13. The molecule has 2 amide bonds. The Morgan fingerprint density at radius 1 is 1.17 bits per heavy atom. The minimum Gasteiger partial charge on any atom is -0.493 e. The van der Waals surface area contributed by atoms with Crippen LogP contribution in [-0.4, -0.2) is 40.9 Å². The Morgan fingerprint density at radius 3 is 2.83 bits per heavy atom. The number of hydrogen-bond donors (Lipinski definition) is 1. The number of rotatable bonds is 7. The number of hydrogen-bond acceptors (Lipinski definition) is 7. The molecule has 0 radical (unpaired) electrons. The number of thioether (sulfide) groups is 1. The smallest absolute Gasteiger partial charge is 0.261 e. The van der Waals surface area contributed by atoms with Gasteiger partial charge in [0.05, 0.1) is 17.9 Å². The van der Waals surface area contributed by atoms with Gasteiger partial charge in [0.2, 0.25) is 11.0 Å². The summed E-state index contributed by atoms with van der Waals surface area (Å²) in [6.45, 7) is 3.04. The van der Waals surface area contributed by atoms with Crippen molar-refractivity contribution in [3.8, 4) is 5.75 Å². The lowest BCUT2D eigenvalue weighted by Gasteiger charge is -2.16. The van der Waals surface area contributed by atoms with Crippen LogP contribution >= 0.6 is 23.1 Å². The highest BCUT2D eigenvalue weighted by molar-refractivity contribution is 8.01. The summed E-state index contributed by atoms with van der Waals surface area (Å²) in [5.41, 5.74) is 2.62. The average molecular weight is 441 g/mol. The summed E-state index contributed by atoms with van der Waals surface area (Å²) in [6, 6.07) is 15.0. The van der Waals surface area contributed by atoms with Crippen LogP contribution in [0.2, 0.25) is 0 Å². The molecule has 30 heavy (non-hydrogen) atoms. The normalized spacial score (nSPS) is 12.5. The molecule has 7 nitrogen and oxygen atoms in total. The predicted molar refractivity (Wildman–Crippen MR) is 119 cm³/mol. The lowest BCUT2D eigenvalue weighted by atomic mass is 10.2. The van der Waals surface area contributed by atoms with Gasteiger partial charge in [0, 0.05) is 12.2 Å². The molecule has 1 aromatic heterocycles. The van der Waals surface area contributed by atoms with Crippen LogP contribution in [0.1, 0.15) is 22.8 Å². The van der Waals surface area contributed by atoms with Crippen molar-refractivity contribution >= 4 is 45.7 Å². The van der Waals surface area contributed by atoms with Gasteiger partial charge in [-0.25, -0.2) is 0 Å². The molecular weight excluding hydrogens is 420 g/mol. The maximum Gasteiger partial charge on any atom is 0.261 e. The van der Waals surface area contributed by atoms with Crippen molar-refractivity contribution < 1.29 is 14.3 Å². The third kappa shape index (κ3) is 4.47. The molecule has 0 spiro atoms. The third-order valence-corrected chi connectivity index (χ3v) is 6.52. The summed E-state index contributed by atoms with van der Waals surface area (Å²) in [4.78, 5) is 27.0. The molecule has 0 bridgehead atoms. The number of carbonyl (C=O) groups excluding carboxylic acids is 2. The molecule has 1 N–H and O–H groups in total. The van der Waals surface area contributed by atoms with Gasteiger partial charge in [-0.1, -0.05) is 53.4 Å². The second-order valence-corrected chi connectivity index (χ2v) is 8.67. The van der Waals surface area contributed by atoms with Gasteiger partial charge in [0.25, 0.3) is 5.91 Å². The number of anilines is 2. The molecule has 0 saturated heterocycles. The maximum atomic E-state index is 12.6. The summed E-state index contributed by atoms with van der Waals surface area (Å²) in [5, 5.41) is 11.2. The number of benzene rings is 2. The lowest BCUT2D eigenvalue weighted by Crippen LogP contribution is -2.30. The van der Waals surface area contributed by atoms with Gasteiger partial charge < -0.3 is 9.64 Å². The van der Waals surface area contributed by atoms with Gasteiger partial charge in [-0.3, -0.25) is 14.9 Å². The first kappa shape index (κ1) is 20.4. The van der Waals surface area contributed by atoms with E-state index in [0.717, 1.165) is 12.1 Å². The highest BCUT2D eigenvalue weighted by atomic mass is 32.2. The molecule has 0 fully saturated rings. The summed E-state index contributed by atoms with van der Waals surface area (Å²) in [6.07, 6.45) is 0.880. The zero-order chi connectivity index (χ0) is 20.9. The molecule has 2 heterocycles. The Balaban J connectivity index is 1.35. The van der Waals surface area contributed by atoms with Gasteiger partial charge in [0.15, 0.2) is 4.34 Å². The van der Waals surface area contributed by atoms with Crippen molar-refractivity contribution in [2.24, 2.45) is 0 Å². The number of nitrogens with one attached hydrogen (secondary N) is 1. The molecule has 154 valence electrons. The first-order chi connectivity index (χ1) is 14.7. The Kier molecular flexibility index (Phi) is 6.29. The number of aromatic nitrogens is 2. The number of ether oxygens (including phenoxy) is 1. The van der Waals surface area contributed by atoms with Crippen LogP contribution in [0.3, 0.4) is 0 Å². The number of fused-ring (bicyclic) bond motifs is 1. The van der Waals surface area contributed by atoms with Gasteiger partial charge in [0.1, 0.15) is 5.75 Å². The van der Waals surface area contributed by atoms with Crippen molar-refractivity contribution in [3.05, 3.63) is 59.7 Å². The quantitative estimate of drug-likeness (QED) is 0.444. The molecule has 0 aliphatic carbocycles. The first-order valence-electron chi connectivity index (χ1n) is 9.53. The fourth-order valence-electron chi connectivity index (χ4n) is 3.22. The Labute approximate surface area is 182 Å². The van der Waals surface area contributed by atoms with E-state index in [1.165, 1.54) is 28.7 Å². The number of nitrogens with zero attached hydrogens (tertiary/aromatic N) is 3. The number of carbonyl (C=O) groups is 2. The van der Waals surface area contributed by atoms with Crippen molar-refractivity contribution in [3.63, 3.8) is 0 Å². The standard InChI is InChI=1S/C21H20N4O3S2/c1-2-28-17-10-6-4-8-15(17)19(27)22-20-23-24-21(30-20)29-13-18(26)25-12-11-14-7-3-5-9-16(14)25/h3-10H,2,11-13H2,1H3,(H,22,23,27). The van der Waals surface area contributed by atoms with Crippen LogP contribution in [0.4, 0.5) is 10.8 Å². The van der Waals surface area contributed by atoms with Gasteiger partial charge in [-0.05, 0) is 37.1 Å². The van der Waals surface area contributed by atoms with E-state index in [-0.39, 0.29) is 17.6 Å². The van der Waals surface area contributed by atoms with Crippen molar-refractivity contribution in [1.82, 2.24) is 10.2 Å². The fourth-order valence-corrected chi connectivity index (χ4v) is 4.84. The zero-order valence-electron chi connectivity index (χ0n) is 16.3. The Hall–Kier alpha value is -2.91. The van der Waals surface area contributed by atoms with Crippen molar-refractivity contribution in [2.75, 3.05) is 29.1 Å². The average Bonchev–Trinajstić information content (AvgIpc) is 3.39. The van der Waals surface area contributed by atoms with Crippen LogP contribution in [0.25, 0.3) is 0 Å². The molecule has 9 heteroatoms. The molecular formula is C21H20N4O3S2. The molecule has 2 aromatic carbocycles. The third-order valence-electron chi connectivity index (χ3n) is 4.57. The van der Waals surface area contributed by atoms with E-state index in [1.54, 1.807) is 18.2 Å². The molecule has 1 aliphatic rings. The predicted octanol–water partition coefficient (Wildman–Crippen LogP) is 3.87. The van der Waals surface area contributed by atoms with Crippen LogP contribution in [-0.2, 0) is 11.2 Å². The minimum atomic E-state index is -0.309. The van der Waals surface area contributed by atoms with Crippen molar-refractivity contribution in [2.45, 2.75) is 17.7 Å². The minimum absolute atomic E-state index is 0.0383. The first-order valence-corrected chi connectivity index (χ1v) is 11.3. The lowest BCUT2D eigenvalue weighted by molar-refractivity contribution is -0.116. The molecule has 0 saturated carbocycles. The second-order valence-electron chi connectivity index (χ2n) is 6.47. The highest BCUT2D eigenvalue weighted by Gasteiger charge is 2.24. The van der Waals surface area contributed by atoms with E-state index in [4.69, 9.17) is 4.74 Å². The van der Waals surface area contributed by atoms with Gasteiger partial charge in [-0.15, -0.1) is 10.2 Å². The summed E-state index contributed by atoms with van der Waals surface area (Å²) >= 11 is 2.57.